The van der Waals surface area contributed by atoms with Gasteiger partial charge in [-0.15, -0.1) is 0 Å². The molecule has 0 aliphatic carbocycles. The number of rotatable bonds is 4. The van der Waals surface area contributed by atoms with E-state index in [1.807, 2.05) is 18.2 Å². The number of benzene rings is 3. The summed E-state index contributed by atoms with van der Waals surface area (Å²) in [5.41, 5.74) is 1.33. The van der Waals surface area contributed by atoms with Crippen molar-refractivity contribution in [3.63, 3.8) is 0 Å². The summed E-state index contributed by atoms with van der Waals surface area (Å²) in [6.45, 7) is 0. The Hall–Kier alpha value is -2.78. The van der Waals surface area contributed by atoms with Gasteiger partial charge in [-0.3, -0.25) is 4.79 Å². The first-order chi connectivity index (χ1) is 11.2. The largest absolute Gasteiger partial charge is 0.457 e. The Bertz CT molecular complexity index is 784. The molecule has 0 unspecified atom stereocenters. The minimum Gasteiger partial charge on any atom is -0.457 e. The van der Waals surface area contributed by atoms with Gasteiger partial charge in [-0.1, -0.05) is 29.8 Å². The van der Waals surface area contributed by atoms with Crippen molar-refractivity contribution in [1.29, 1.82) is 0 Å². The predicted molar refractivity (Wildman–Crippen MR) is 92.4 cm³/mol. The second kappa shape index (κ2) is 6.99. The van der Waals surface area contributed by atoms with Crippen LogP contribution in [0.4, 0.5) is 5.69 Å². The smallest absolute Gasteiger partial charge is 0.255 e. The maximum atomic E-state index is 12.1. The van der Waals surface area contributed by atoms with Gasteiger partial charge in [0, 0.05) is 16.3 Å². The van der Waals surface area contributed by atoms with E-state index in [0.717, 1.165) is 0 Å². The highest BCUT2D eigenvalue weighted by Crippen LogP contribution is 2.24. The van der Waals surface area contributed by atoms with Crippen LogP contribution >= 0.6 is 11.6 Å². The Morgan fingerprint density at radius 1 is 0.783 bits per heavy atom. The molecule has 0 bridgehead atoms. The number of nitrogens with one attached hydrogen (secondary N) is 1. The molecule has 0 saturated carbocycles. The first-order valence-electron chi connectivity index (χ1n) is 7.10. The highest BCUT2D eigenvalue weighted by atomic mass is 35.5. The Morgan fingerprint density at radius 2 is 1.35 bits per heavy atom. The molecule has 1 amide bonds. The molecule has 0 fully saturated rings. The summed E-state index contributed by atoms with van der Waals surface area (Å²) >= 11 is 5.84. The Labute approximate surface area is 139 Å². The van der Waals surface area contributed by atoms with Crippen molar-refractivity contribution in [2.24, 2.45) is 0 Å². The lowest BCUT2D eigenvalue weighted by Gasteiger charge is -2.08. The van der Waals surface area contributed by atoms with Crippen molar-refractivity contribution in [3.05, 3.63) is 89.4 Å². The highest BCUT2D eigenvalue weighted by molar-refractivity contribution is 6.30. The number of carbonyl (C=O) groups excluding carboxylic acids is 1. The first kappa shape index (κ1) is 15.1. The van der Waals surface area contributed by atoms with Crippen molar-refractivity contribution in [1.82, 2.24) is 0 Å². The normalized spacial score (nSPS) is 10.1. The number of halogens is 1. The standard InChI is InChI=1S/C19H14ClNO2/c20-15-6-10-17(11-7-15)23-18-12-8-16(9-13-18)21-19(22)14-4-2-1-3-5-14/h1-13H,(H,21,22). The molecule has 0 aliphatic heterocycles. The van der Waals surface area contributed by atoms with Crippen molar-refractivity contribution >= 4 is 23.2 Å². The van der Waals surface area contributed by atoms with Gasteiger partial charge in [-0.25, -0.2) is 0 Å². The number of hydrogen-bond acceptors (Lipinski definition) is 2. The van der Waals surface area contributed by atoms with E-state index in [4.69, 9.17) is 16.3 Å². The van der Waals surface area contributed by atoms with Crippen LogP contribution in [-0.4, -0.2) is 5.91 Å². The molecule has 0 atom stereocenters. The molecule has 4 heteroatoms. The SMILES string of the molecule is O=C(Nc1ccc(Oc2ccc(Cl)cc2)cc1)c1ccccc1. The van der Waals surface area contributed by atoms with Crippen LogP contribution in [0.2, 0.25) is 5.02 Å². The summed E-state index contributed by atoms with van der Waals surface area (Å²) in [5.74, 6) is 1.25. The third kappa shape index (κ3) is 4.11. The molecule has 3 aromatic rings. The van der Waals surface area contributed by atoms with Crippen molar-refractivity contribution in [3.8, 4) is 11.5 Å². The molecule has 1 N–H and O–H groups in total. The first-order valence-corrected chi connectivity index (χ1v) is 7.48. The van der Waals surface area contributed by atoms with Gasteiger partial charge in [0.15, 0.2) is 0 Å². The summed E-state index contributed by atoms with van der Waals surface area (Å²) in [6.07, 6.45) is 0. The Balaban J connectivity index is 1.65. The van der Waals surface area contributed by atoms with E-state index in [1.54, 1.807) is 60.7 Å². The lowest BCUT2D eigenvalue weighted by atomic mass is 10.2. The lowest BCUT2D eigenvalue weighted by molar-refractivity contribution is 0.102. The highest BCUT2D eigenvalue weighted by Gasteiger charge is 2.05. The molecule has 3 aromatic carbocycles. The monoisotopic (exact) mass is 323 g/mol. The number of anilines is 1. The van der Waals surface area contributed by atoms with E-state index in [0.29, 0.717) is 27.8 Å². The molecule has 114 valence electrons. The Kier molecular flexibility index (Phi) is 4.60. The van der Waals surface area contributed by atoms with Crippen LogP contribution in [0.25, 0.3) is 0 Å². The fraction of sp³-hybridized carbons (Fsp3) is 0. The average molecular weight is 324 g/mol. The molecule has 3 rings (SSSR count). The number of carbonyl (C=O) groups is 1. The summed E-state index contributed by atoms with van der Waals surface area (Å²) in [5, 5.41) is 3.51. The van der Waals surface area contributed by atoms with E-state index < -0.39 is 0 Å². The van der Waals surface area contributed by atoms with Crippen LogP contribution < -0.4 is 10.1 Å². The van der Waals surface area contributed by atoms with Gasteiger partial charge < -0.3 is 10.1 Å². The van der Waals surface area contributed by atoms with Crippen LogP contribution in [-0.2, 0) is 0 Å². The maximum Gasteiger partial charge on any atom is 0.255 e. The van der Waals surface area contributed by atoms with Gasteiger partial charge >= 0.3 is 0 Å². The lowest BCUT2D eigenvalue weighted by Crippen LogP contribution is -2.11. The van der Waals surface area contributed by atoms with E-state index in [1.165, 1.54) is 0 Å². The van der Waals surface area contributed by atoms with E-state index >= 15 is 0 Å². The van der Waals surface area contributed by atoms with E-state index in [9.17, 15) is 4.79 Å². The van der Waals surface area contributed by atoms with Crippen LogP contribution in [0.1, 0.15) is 10.4 Å². The van der Waals surface area contributed by atoms with Crippen LogP contribution in [0.15, 0.2) is 78.9 Å². The zero-order chi connectivity index (χ0) is 16.1. The predicted octanol–water partition coefficient (Wildman–Crippen LogP) is 5.38. The minimum absolute atomic E-state index is 0.142. The molecule has 0 aliphatic rings. The van der Waals surface area contributed by atoms with Crippen LogP contribution in [0.5, 0.6) is 11.5 Å². The summed E-state index contributed by atoms with van der Waals surface area (Å²) in [4.78, 5) is 12.1. The maximum absolute atomic E-state index is 12.1. The second-order valence-electron chi connectivity index (χ2n) is 4.90. The molecule has 3 nitrogen and oxygen atoms in total. The van der Waals surface area contributed by atoms with Crippen LogP contribution in [0, 0.1) is 0 Å². The van der Waals surface area contributed by atoms with E-state index in [2.05, 4.69) is 5.32 Å². The van der Waals surface area contributed by atoms with E-state index in [-0.39, 0.29) is 5.91 Å². The number of amides is 1. The summed E-state index contributed by atoms with van der Waals surface area (Å²) in [6, 6.07) is 23.4. The van der Waals surface area contributed by atoms with Gasteiger partial charge in [-0.2, -0.15) is 0 Å². The molecule has 0 spiro atoms. The molecule has 0 saturated heterocycles. The number of hydrogen-bond donors (Lipinski definition) is 1. The van der Waals surface area contributed by atoms with Crippen molar-refractivity contribution in [2.75, 3.05) is 5.32 Å². The molecular formula is C19H14ClNO2. The zero-order valence-electron chi connectivity index (χ0n) is 12.2. The van der Waals surface area contributed by atoms with Gasteiger partial charge in [-0.05, 0) is 60.7 Å². The molecule has 0 aromatic heterocycles. The van der Waals surface area contributed by atoms with Gasteiger partial charge in [0.2, 0.25) is 0 Å². The topological polar surface area (TPSA) is 38.3 Å². The van der Waals surface area contributed by atoms with Crippen molar-refractivity contribution in [2.45, 2.75) is 0 Å². The van der Waals surface area contributed by atoms with Gasteiger partial charge in [0.05, 0.1) is 0 Å². The fourth-order valence-electron chi connectivity index (χ4n) is 2.04. The van der Waals surface area contributed by atoms with Crippen LogP contribution in [0.3, 0.4) is 0 Å². The molecule has 0 heterocycles. The zero-order valence-corrected chi connectivity index (χ0v) is 13.0. The number of ether oxygens (including phenoxy) is 1. The average Bonchev–Trinajstić information content (AvgIpc) is 2.59. The molecule has 0 radical (unpaired) electrons. The van der Waals surface area contributed by atoms with Gasteiger partial charge in [0.1, 0.15) is 11.5 Å². The summed E-state index contributed by atoms with van der Waals surface area (Å²) < 4.78 is 5.71. The second-order valence-corrected chi connectivity index (χ2v) is 5.34. The third-order valence-electron chi connectivity index (χ3n) is 3.20. The van der Waals surface area contributed by atoms with Crippen molar-refractivity contribution < 1.29 is 9.53 Å². The quantitative estimate of drug-likeness (QED) is 0.699. The van der Waals surface area contributed by atoms with Gasteiger partial charge in [0.25, 0.3) is 5.91 Å². The molecule has 23 heavy (non-hydrogen) atoms. The third-order valence-corrected chi connectivity index (χ3v) is 3.45. The molecular weight excluding hydrogens is 310 g/mol. The fourth-order valence-corrected chi connectivity index (χ4v) is 2.16. The summed E-state index contributed by atoms with van der Waals surface area (Å²) in [7, 11) is 0. The Morgan fingerprint density at radius 3 is 1.96 bits per heavy atom. The minimum atomic E-state index is -0.142.